The molecule has 1 saturated heterocycles. The van der Waals surface area contributed by atoms with Crippen molar-refractivity contribution in [2.24, 2.45) is 0 Å². The average molecular weight is 582 g/mol. The minimum absolute atomic E-state index is 0.192. The first-order chi connectivity index (χ1) is 15.9. The number of carbonyl (C=O) groups excluding carboxylic acids is 3. The summed E-state index contributed by atoms with van der Waals surface area (Å²) in [6.45, 7) is 2.52. The molecule has 2 aromatic carbocycles. The maximum absolute atomic E-state index is 12.6. The van der Waals surface area contributed by atoms with Crippen molar-refractivity contribution in [3.8, 4) is 11.5 Å². The van der Waals surface area contributed by atoms with E-state index in [2.05, 4.69) is 27.9 Å². The predicted octanol–water partition coefficient (Wildman–Crippen LogP) is 4.39. The van der Waals surface area contributed by atoms with Gasteiger partial charge in [-0.1, -0.05) is 18.2 Å². The van der Waals surface area contributed by atoms with Crippen LogP contribution >= 0.6 is 34.4 Å². The summed E-state index contributed by atoms with van der Waals surface area (Å²) in [5.41, 5.74) is 1.36. The summed E-state index contributed by atoms with van der Waals surface area (Å²) in [5.74, 6) is 0.231. The van der Waals surface area contributed by atoms with Crippen molar-refractivity contribution in [3.05, 3.63) is 56.5 Å². The quantitative estimate of drug-likeness (QED) is 0.328. The van der Waals surface area contributed by atoms with E-state index >= 15 is 0 Å². The van der Waals surface area contributed by atoms with E-state index in [-0.39, 0.29) is 36.8 Å². The molecular weight excluding hydrogens is 559 g/mol. The lowest BCUT2D eigenvalue weighted by Gasteiger charge is -2.15. The van der Waals surface area contributed by atoms with E-state index in [0.717, 1.165) is 16.7 Å². The van der Waals surface area contributed by atoms with Gasteiger partial charge in [0.1, 0.15) is 0 Å². The molecule has 0 radical (unpaired) electrons. The highest BCUT2D eigenvalue weighted by Gasteiger charge is 2.34. The summed E-state index contributed by atoms with van der Waals surface area (Å²) >= 11 is 2.98. The fraction of sp³-hybridized carbons (Fsp3) is 0.261. The minimum Gasteiger partial charge on any atom is -0.490 e. The van der Waals surface area contributed by atoms with Crippen molar-refractivity contribution in [1.82, 2.24) is 4.90 Å². The molecule has 2 aromatic rings. The zero-order valence-electron chi connectivity index (χ0n) is 18.1. The van der Waals surface area contributed by atoms with Crippen LogP contribution in [0.5, 0.6) is 11.5 Å². The third kappa shape index (κ3) is 6.71. The molecule has 1 N–H and O–H groups in total. The number of carbonyl (C=O) groups is 3. The van der Waals surface area contributed by atoms with Gasteiger partial charge in [-0.05, 0) is 77.2 Å². The lowest BCUT2D eigenvalue weighted by Crippen LogP contribution is -2.31. The Labute approximate surface area is 209 Å². The van der Waals surface area contributed by atoms with Crippen LogP contribution in [-0.4, -0.2) is 55.4 Å². The second-order valence-corrected chi connectivity index (χ2v) is 8.95. The van der Waals surface area contributed by atoms with E-state index < -0.39 is 0 Å². The molecule has 1 aliphatic rings. The molecule has 174 valence electrons. The Bertz CT molecular complexity index is 1060. The molecular formula is C23H23IN2O6S. The number of anilines is 1. The number of para-hydroxylation sites is 1. The van der Waals surface area contributed by atoms with Crippen molar-refractivity contribution >= 4 is 63.2 Å². The number of ether oxygens (including phenoxy) is 3. The Morgan fingerprint density at radius 3 is 2.64 bits per heavy atom. The molecule has 33 heavy (non-hydrogen) atoms. The Morgan fingerprint density at radius 2 is 1.94 bits per heavy atom. The van der Waals surface area contributed by atoms with Crippen molar-refractivity contribution in [3.63, 3.8) is 0 Å². The third-order valence-corrected chi connectivity index (χ3v) is 6.14. The van der Waals surface area contributed by atoms with Gasteiger partial charge in [-0.15, -0.1) is 0 Å². The topological polar surface area (TPSA) is 94.2 Å². The number of methoxy groups -OCH3 is 1. The Hall–Kier alpha value is -2.57. The number of hydrogen-bond donors (Lipinski definition) is 1. The molecule has 8 nitrogen and oxygen atoms in total. The van der Waals surface area contributed by atoms with Crippen LogP contribution < -0.4 is 14.8 Å². The molecule has 1 heterocycles. The summed E-state index contributed by atoms with van der Waals surface area (Å²) in [5, 5.41) is 2.44. The van der Waals surface area contributed by atoms with E-state index in [1.807, 2.05) is 25.1 Å². The normalized spacial score (nSPS) is 14.6. The van der Waals surface area contributed by atoms with Crippen LogP contribution in [0.4, 0.5) is 10.5 Å². The summed E-state index contributed by atoms with van der Waals surface area (Å²) in [7, 11) is 1.51. The SMILES string of the molecule is CCOc1cc(/C=C2/SC(=O)N(CCOC)C2=O)cc(I)c1OCC(=O)Nc1ccccc1. The maximum atomic E-state index is 12.6. The standard InChI is InChI=1S/C23H23IN2O6S/c1-3-31-18-12-15(13-19-22(28)26(9-10-30-2)23(29)33-19)11-17(24)21(18)32-14-20(27)25-16-7-5-4-6-8-16/h4-8,11-13H,3,9-10,14H2,1-2H3,(H,25,27)/b19-13+. The lowest BCUT2D eigenvalue weighted by atomic mass is 10.2. The highest BCUT2D eigenvalue weighted by atomic mass is 127. The highest BCUT2D eigenvalue weighted by Crippen LogP contribution is 2.37. The zero-order chi connectivity index (χ0) is 23.8. The van der Waals surface area contributed by atoms with Gasteiger partial charge in [-0.3, -0.25) is 19.3 Å². The number of imide groups is 1. The summed E-state index contributed by atoms with van der Waals surface area (Å²) < 4.78 is 17.2. The maximum Gasteiger partial charge on any atom is 0.293 e. The molecule has 0 unspecified atom stereocenters. The van der Waals surface area contributed by atoms with Crippen LogP contribution in [-0.2, 0) is 14.3 Å². The van der Waals surface area contributed by atoms with E-state index in [4.69, 9.17) is 14.2 Å². The molecule has 0 aromatic heterocycles. The smallest absolute Gasteiger partial charge is 0.293 e. The Balaban J connectivity index is 1.75. The summed E-state index contributed by atoms with van der Waals surface area (Å²) in [6.07, 6.45) is 1.65. The van der Waals surface area contributed by atoms with Gasteiger partial charge in [0, 0.05) is 12.8 Å². The molecule has 1 fully saturated rings. The number of benzene rings is 2. The van der Waals surface area contributed by atoms with Crippen LogP contribution in [0.25, 0.3) is 6.08 Å². The molecule has 3 amide bonds. The molecule has 0 saturated carbocycles. The second kappa shape index (κ2) is 12.1. The third-order valence-electron chi connectivity index (χ3n) is 4.43. The molecule has 3 rings (SSSR count). The van der Waals surface area contributed by atoms with Crippen molar-refractivity contribution in [2.75, 3.05) is 38.8 Å². The molecule has 0 spiro atoms. The number of thioether (sulfide) groups is 1. The number of halogens is 1. The van der Waals surface area contributed by atoms with Crippen molar-refractivity contribution < 1.29 is 28.6 Å². The van der Waals surface area contributed by atoms with Crippen molar-refractivity contribution in [2.45, 2.75) is 6.92 Å². The van der Waals surface area contributed by atoms with Gasteiger partial charge in [0.05, 0.1) is 28.2 Å². The van der Waals surface area contributed by atoms with Gasteiger partial charge in [-0.2, -0.15) is 0 Å². The average Bonchev–Trinajstić information content (AvgIpc) is 3.05. The summed E-state index contributed by atoms with van der Waals surface area (Å²) in [6, 6.07) is 12.6. The first-order valence-corrected chi connectivity index (χ1v) is 12.0. The van der Waals surface area contributed by atoms with Crippen molar-refractivity contribution in [1.29, 1.82) is 0 Å². The number of hydrogen-bond acceptors (Lipinski definition) is 7. The molecule has 0 bridgehead atoms. The number of nitrogens with zero attached hydrogens (tertiary/aromatic N) is 1. The van der Waals surface area contributed by atoms with Crippen LogP contribution in [0.3, 0.4) is 0 Å². The Morgan fingerprint density at radius 1 is 1.18 bits per heavy atom. The van der Waals surface area contributed by atoms with E-state index in [1.54, 1.807) is 30.3 Å². The van der Waals surface area contributed by atoms with E-state index in [0.29, 0.717) is 37.8 Å². The number of nitrogens with one attached hydrogen (secondary N) is 1. The second-order valence-electron chi connectivity index (χ2n) is 6.79. The predicted molar refractivity (Wildman–Crippen MR) is 135 cm³/mol. The number of rotatable bonds is 10. The number of amides is 3. The molecule has 0 aliphatic carbocycles. The van der Waals surface area contributed by atoms with Gasteiger partial charge in [0.25, 0.3) is 17.1 Å². The minimum atomic E-state index is -0.354. The lowest BCUT2D eigenvalue weighted by molar-refractivity contribution is -0.123. The fourth-order valence-electron chi connectivity index (χ4n) is 2.96. The molecule has 0 atom stereocenters. The van der Waals surface area contributed by atoms with Crippen LogP contribution in [0.15, 0.2) is 47.4 Å². The molecule has 1 aliphatic heterocycles. The molecule has 10 heteroatoms. The highest BCUT2D eigenvalue weighted by molar-refractivity contribution is 14.1. The monoisotopic (exact) mass is 582 g/mol. The van der Waals surface area contributed by atoms with Crippen LogP contribution in [0, 0.1) is 3.57 Å². The Kier molecular flexibility index (Phi) is 9.15. The van der Waals surface area contributed by atoms with E-state index in [9.17, 15) is 14.4 Å². The van der Waals surface area contributed by atoms with Gasteiger partial charge >= 0.3 is 0 Å². The van der Waals surface area contributed by atoms with Crippen LogP contribution in [0.2, 0.25) is 0 Å². The first-order valence-electron chi connectivity index (χ1n) is 10.1. The first kappa shape index (κ1) is 25.1. The van der Waals surface area contributed by atoms with Crippen LogP contribution in [0.1, 0.15) is 12.5 Å². The fourth-order valence-corrected chi connectivity index (χ4v) is 4.60. The van der Waals surface area contributed by atoms with Gasteiger partial charge in [0.15, 0.2) is 18.1 Å². The van der Waals surface area contributed by atoms with Gasteiger partial charge in [0.2, 0.25) is 0 Å². The van der Waals surface area contributed by atoms with Gasteiger partial charge in [-0.25, -0.2) is 0 Å². The van der Waals surface area contributed by atoms with Gasteiger partial charge < -0.3 is 19.5 Å². The van der Waals surface area contributed by atoms with E-state index in [1.165, 1.54) is 7.11 Å². The summed E-state index contributed by atoms with van der Waals surface area (Å²) in [4.78, 5) is 38.5. The zero-order valence-corrected chi connectivity index (χ0v) is 21.1. The largest absolute Gasteiger partial charge is 0.490 e.